The zero-order valence-electron chi connectivity index (χ0n) is 9.42. The van der Waals surface area contributed by atoms with Gasteiger partial charge in [0, 0.05) is 4.47 Å². The first-order valence-electron chi connectivity index (χ1n) is 5.10. The molecule has 0 aliphatic rings. The van der Waals surface area contributed by atoms with Gasteiger partial charge in [0.2, 0.25) is 5.28 Å². The minimum Gasteiger partial charge on any atom is -0.468 e. The number of rotatable bonds is 4. The highest BCUT2D eigenvalue weighted by molar-refractivity contribution is 9.10. The van der Waals surface area contributed by atoms with Gasteiger partial charge in [0.15, 0.2) is 0 Å². The molecule has 0 saturated carbocycles. The quantitative estimate of drug-likeness (QED) is 0.482. The van der Waals surface area contributed by atoms with E-state index in [4.69, 9.17) is 16.3 Å². The first-order valence-corrected chi connectivity index (χ1v) is 6.27. The predicted octanol–water partition coefficient (Wildman–Crippen LogP) is 3.38. The third-order valence-electron chi connectivity index (χ3n) is 2.17. The van der Waals surface area contributed by atoms with E-state index in [1.165, 1.54) is 0 Å². The molecule has 8 heteroatoms. The Kier molecular flexibility index (Phi) is 4.28. The fourth-order valence-corrected chi connectivity index (χ4v) is 1.92. The number of nitro groups is 1. The molecule has 2 rings (SSSR count). The number of hydrogen-bond donors (Lipinski definition) is 0. The third kappa shape index (κ3) is 3.62. The molecule has 0 unspecified atom stereocenters. The van der Waals surface area contributed by atoms with Gasteiger partial charge in [-0.3, -0.25) is 10.1 Å². The van der Waals surface area contributed by atoms with Crippen molar-refractivity contribution in [3.05, 3.63) is 55.9 Å². The highest BCUT2D eigenvalue weighted by atomic mass is 79.9. The van der Waals surface area contributed by atoms with Crippen molar-refractivity contribution >= 4 is 33.2 Å². The molecule has 0 saturated heterocycles. The molecule has 19 heavy (non-hydrogen) atoms. The zero-order chi connectivity index (χ0) is 13.8. The third-order valence-corrected chi connectivity index (χ3v) is 2.84. The van der Waals surface area contributed by atoms with Crippen molar-refractivity contribution in [2.75, 3.05) is 0 Å². The minimum absolute atomic E-state index is 0.102. The molecule has 0 aliphatic heterocycles. The number of halogens is 2. The summed E-state index contributed by atoms with van der Waals surface area (Å²) < 4.78 is 6.21. The largest absolute Gasteiger partial charge is 0.468 e. The average Bonchev–Trinajstić information content (AvgIpc) is 2.36. The van der Waals surface area contributed by atoms with Gasteiger partial charge in [-0.05, 0) is 29.3 Å². The Morgan fingerprint density at radius 1 is 1.47 bits per heavy atom. The number of nitrogens with zero attached hydrogens (tertiary/aromatic N) is 3. The van der Waals surface area contributed by atoms with E-state index < -0.39 is 4.92 Å². The van der Waals surface area contributed by atoms with Crippen molar-refractivity contribution in [3.8, 4) is 5.88 Å². The van der Waals surface area contributed by atoms with Crippen molar-refractivity contribution in [2.24, 2.45) is 0 Å². The van der Waals surface area contributed by atoms with E-state index in [9.17, 15) is 10.1 Å². The van der Waals surface area contributed by atoms with Crippen LogP contribution in [0.3, 0.4) is 0 Å². The monoisotopic (exact) mass is 343 g/mol. The van der Waals surface area contributed by atoms with Crippen LogP contribution < -0.4 is 4.74 Å². The van der Waals surface area contributed by atoms with E-state index >= 15 is 0 Å². The van der Waals surface area contributed by atoms with Gasteiger partial charge in [0.1, 0.15) is 12.8 Å². The SMILES string of the molecule is O=[N+]([O-])c1cnc(Cl)nc1OCc1cccc(Br)c1. The van der Waals surface area contributed by atoms with Crippen molar-refractivity contribution in [3.63, 3.8) is 0 Å². The summed E-state index contributed by atoms with van der Waals surface area (Å²) in [6, 6.07) is 7.38. The lowest BCUT2D eigenvalue weighted by Crippen LogP contribution is -2.02. The Bertz CT molecular complexity index is 624. The second-order valence-electron chi connectivity index (χ2n) is 3.51. The van der Waals surface area contributed by atoms with Crippen LogP contribution >= 0.6 is 27.5 Å². The van der Waals surface area contributed by atoms with Crippen LogP contribution in [-0.4, -0.2) is 14.9 Å². The Morgan fingerprint density at radius 3 is 2.95 bits per heavy atom. The lowest BCUT2D eigenvalue weighted by Gasteiger charge is -2.06. The van der Waals surface area contributed by atoms with Crippen molar-refractivity contribution in [1.82, 2.24) is 9.97 Å². The lowest BCUT2D eigenvalue weighted by atomic mass is 10.2. The summed E-state index contributed by atoms with van der Waals surface area (Å²) in [4.78, 5) is 17.4. The molecule has 1 aromatic carbocycles. The Labute approximate surface area is 121 Å². The molecule has 0 N–H and O–H groups in total. The molecular formula is C11H7BrClN3O3. The second-order valence-corrected chi connectivity index (χ2v) is 4.76. The van der Waals surface area contributed by atoms with Crippen LogP contribution in [0.15, 0.2) is 34.9 Å². The molecule has 0 fully saturated rings. The van der Waals surface area contributed by atoms with Gasteiger partial charge in [-0.1, -0.05) is 28.1 Å². The summed E-state index contributed by atoms with van der Waals surface area (Å²) in [5.74, 6) is -0.148. The van der Waals surface area contributed by atoms with Crippen molar-refractivity contribution < 1.29 is 9.66 Å². The van der Waals surface area contributed by atoms with E-state index in [1.807, 2.05) is 24.3 Å². The molecule has 0 spiro atoms. The van der Waals surface area contributed by atoms with Gasteiger partial charge < -0.3 is 4.74 Å². The van der Waals surface area contributed by atoms with Crippen LogP contribution in [0.25, 0.3) is 0 Å². The van der Waals surface area contributed by atoms with Gasteiger partial charge in [0.05, 0.1) is 4.92 Å². The maximum absolute atomic E-state index is 10.8. The number of hydrogen-bond acceptors (Lipinski definition) is 5. The average molecular weight is 345 g/mol. The van der Waals surface area contributed by atoms with Gasteiger partial charge >= 0.3 is 5.69 Å². The van der Waals surface area contributed by atoms with Crippen molar-refractivity contribution in [2.45, 2.75) is 6.61 Å². The van der Waals surface area contributed by atoms with Crippen LogP contribution in [-0.2, 0) is 6.61 Å². The molecule has 1 heterocycles. The fraction of sp³-hybridized carbons (Fsp3) is 0.0909. The highest BCUT2D eigenvalue weighted by Gasteiger charge is 2.18. The van der Waals surface area contributed by atoms with Crippen LogP contribution in [0, 0.1) is 10.1 Å². The molecule has 6 nitrogen and oxygen atoms in total. The standard InChI is InChI=1S/C11H7BrClN3O3/c12-8-3-1-2-7(4-8)6-19-10-9(16(17)18)5-14-11(13)15-10/h1-5H,6H2. The van der Waals surface area contributed by atoms with Crippen LogP contribution in [0.5, 0.6) is 5.88 Å². The molecule has 0 radical (unpaired) electrons. The molecular weight excluding hydrogens is 337 g/mol. The van der Waals surface area contributed by atoms with E-state index in [0.29, 0.717) is 0 Å². The lowest BCUT2D eigenvalue weighted by molar-refractivity contribution is -0.386. The smallest absolute Gasteiger partial charge is 0.349 e. The first kappa shape index (κ1) is 13.7. The summed E-state index contributed by atoms with van der Waals surface area (Å²) in [6.45, 7) is 0.146. The molecule has 0 amide bonds. The van der Waals surface area contributed by atoms with Gasteiger partial charge in [-0.15, -0.1) is 0 Å². The molecule has 0 atom stereocenters. The summed E-state index contributed by atoms with van der Waals surface area (Å²) in [6.07, 6.45) is 1.02. The number of aromatic nitrogens is 2. The van der Waals surface area contributed by atoms with E-state index in [-0.39, 0.29) is 23.5 Å². The fourth-order valence-electron chi connectivity index (χ4n) is 1.35. The summed E-state index contributed by atoms with van der Waals surface area (Å²) in [7, 11) is 0. The Balaban J connectivity index is 2.19. The van der Waals surface area contributed by atoms with Gasteiger partial charge in [-0.25, -0.2) is 4.98 Å². The summed E-state index contributed by atoms with van der Waals surface area (Å²) in [5.41, 5.74) is 0.526. The maximum Gasteiger partial charge on any atom is 0.349 e. The first-order chi connectivity index (χ1) is 9.06. The summed E-state index contributed by atoms with van der Waals surface area (Å²) in [5, 5.41) is 10.7. The molecule has 98 valence electrons. The Morgan fingerprint density at radius 2 is 2.26 bits per heavy atom. The van der Waals surface area contributed by atoms with Crippen LogP contribution in [0.1, 0.15) is 5.56 Å². The number of benzene rings is 1. The van der Waals surface area contributed by atoms with E-state index in [1.54, 1.807) is 0 Å². The topological polar surface area (TPSA) is 78.2 Å². The van der Waals surface area contributed by atoms with E-state index in [0.717, 1.165) is 16.2 Å². The molecule has 0 aliphatic carbocycles. The van der Waals surface area contributed by atoms with Gasteiger partial charge in [0.25, 0.3) is 5.88 Å². The second kappa shape index (κ2) is 5.94. The minimum atomic E-state index is -0.618. The van der Waals surface area contributed by atoms with Crippen LogP contribution in [0.2, 0.25) is 5.28 Å². The van der Waals surface area contributed by atoms with Crippen LogP contribution in [0.4, 0.5) is 5.69 Å². The molecule has 0 bridgehead atoms. The highest BCUT2D eigenvalue weighted by Crippen LogP contribution is 2.25. The molecule has 1 aromatic heterocycles. The predicted molar refractivity (Wildman–Crippen MR) is 72.2 cm³/mol. The Hall–Kier alpha value is -1.73. The normalized spacial score (nSPS) is 10.2. The summed E-state index contributed by atoms with van der Waals surface area (Å²) >= 11 is 8.92. The number of ether oxygens (including phenoxy) is 1. The van der Waals surface area contributed by atoms with E-state index in [2.05, 4.69) is 25.9 Å². The van der Waals surface area contributed by atoms with Gasteiger partial charge in [-0.2, -0.15) is 4.98 Å². The molecule has 2 aromatic rings. The zero-order valence-corrected chi connectivity index (χ0v) is 11.8. The maximum atomic E-state index is 10.8. The van der Waals surface area contributed by atoms with Crippen molar-refractivity contribution in [1.29, 1.82) is 0 Å².